The molecule has 5 nitrogen and oxygen atoms in total. The van der Waals surface area contributed by atoms with Crippen molar-refractivity contribution in [1.82, 2.24) is 10.6 Å². The van der Waals surface area contributed by atoms with Crippen molar-refractivity contribution in [3.8, 4) is 0 Å². The van der Waals surface area contributed by atoms with Crippen LogP contribution in [-0.4, -0.2) is 23.5 Å². The molecule has 1 unspecified atom stereocenters. The molecule has 27 heavy (non-hydrogen) atoms. The first-order valence-corrected chi connectivity index (χ1v) is 8.89. The molecule has 0 aliphatic heterocycles. The van der Waals surface area contributed by atoms with Gasteiger partial charge in [0.15, 0.2) is 0 Å². The minimum atomic E-state index is -0.920. The lowest BCUT2D eigenvalue weighted by molar-refractivity contribution is -0.139. The summed E-state index contributed by atoms with van der Waals surface area (Å²) < 4.78 is 0. The van der Waals surface area contributed by atoms with E-state index in [9.17, 15) is 14.7 Å². The van der Waals surface area contributed by atoms with Crippen LogP contribution < -0.4 is 10.6 Å². The van der Waals surface area contributed by atoms with E-state index in [1.54, 1.807) is 30.3 Å². The van der Waals surface area contributed by atoms with Crippen molar-refractivity contribution in [1.29, 1.82) is 0 Å². The summed E-state index contributed by atoms with van der Waals surface area (Å²) in [6.45, 7) is 0.0875. The first kappa shape index (κ1) is 18.9. The Hall–Kier alpha value is -2.89. The molecular formula is C21H19ClN2O3. The first-order chi connectivity index (χ1) is 13.1. The molecule has 0 bridgehead atoms. The van der Waals surface area contributed by atoms with Crippen molar-refractivity contribution >= 4 is 34.2 Å². The number of carbonyl (C=O) groups excluding carboxylic acids is 2. The molecule has 3 aromatic carbocycles. The van der Waals surface area contributed by atoms with Crippen LogP contribution in [-0.2, 0) is 16.1 Å². The quantitative estimate of drug-likeness (QED) is 0.594. The molecule has 0 aliphatic rings. The van der Waals surface area contributed by atoms with Gasteiger partial charge in [-0.3, -0.25) is 9.59 Å². The summed E-state index contributed by atoms with van der Waals surface area (Å²) in [5, 5.41) is 17.8. The van der Waals surface area contributed by atoms with E-state index >= 15 is 0 Å². The maximum atomic E-state index is 12.0. The fourth-order valence-electron chi connectivity index (χ4n) is 2.82. The highest BCUT2D eigenvalue weighted by molar-refractivity contribution is 6.35. The summed E-state index contributed by atoms with van der Waals surface area (Å²) in [5.74, 6) is -1.58. The number of hydrogen-bond donors (Lipinski definition) is 3. The van der Waals surface area contributed by atoms with E-state index in [0.29, 0.717) is 10.6 Å². The number of hydrogen-bond acceptors (Lipinski definition) is 3. The van der Waals surface area contributed by atoms with Crippen LogP contribution in [0.4, 0.5) is 0 Å². The highest BCUT2D eigenvalue weighted by Crippen LogP contribution is 2.23. The molecule has 138 valence electrons. The van der Waals surface area contributed by atoms with Gasteiger partial charge in [-0.2, -0.15) is 0 Å². The Morgan fingerprint density at radius 1 is 0.889 bits per heavy atom. The van der Waals surface area contributed by atoms with Gasteiger partial charge in [0, 0.05) is 18.1 Å². The number of fused-ring (bicyclic) bond motifs is 1. The number of aliphatic hydroxyl groups excluding tert-OH is 1. The predicted octanol–water partition coefficient (Wildman–Crippen LogP) is 2.96. The second kappa shape index (κ2) is 8.66. The lowest BCUT2D eigenvalue weighted by Gasteiger charge is -2.14. The summed E-state index contributed by atoms with van der Waals surface area (Å²) in [6, 6.07) is 20.3. The van der Waals surface area contributed by atoms with Crippen LogP contribution in [0, 0.1) is 0 Å². The topological polar surface area (TPSA) is 78.4 Å². The smallest absolute Gasteiger partial charge is 0.309 e. The standard InChI is InChI=1S/C21H19ClN2O3/c22-18-11-4-2-7-15(18)12-23-20(26)21(27)24-13-19(25)17-10-5-8-14-6-1-3-9-16(14)17/h1-11,19,25H,12-13H2,(H,23,26)(H,24,27). The van der Waals surface area contributed by atoms with Gasteiger partial charge in [0.05, 0.1) is 6.10 Å². The number of aliphatic hydroxyl groups is 1. The summed E-state index contributed by atoms with van der Waals surface area (Å²) >= 11 is 6.02. The van der Waals surface area contributed by atoms with E-state index in [4.69, 9.17) is 11.6 Å². The van der Waals surface area contributed by atoms with Gasteiger partial charge in [-0.25, -0.2) is 0 Å². The third-order valence-electron chi connectivity index (χ3n) is 4.24. The number of amides is 2. The van der Waals surface area contributed by atoms with Gasteiger partial charge in [-0.05, 0) is 28.0 Å². The van der Waals surface area contributed by atoms with Gasteiger partial charge in [0.2, 0.25) is 0 Å². The zero-order valence-electron chi connectivity index (χ0n) is 14.5. The van der Waals surface area contributed by atoms with E-state index in [-0.39, 0.29) is 13.1 Å². The molecule has 0 spiro atoms. The number of halogens is 1. The molecule has 1 atom stereocenters. The molecule has 0 saturated heterocycles. The zero-order valence-corrected chi connectivity index (χ0v) is 15.2. The number of nitrogens with one attached hydrogen (secondary N) is 2. The predicted molar refractivity (Wildman–Crippen MR) is 105 cm³/mol. The SMILES string of the molecule is O=C(NCc1ccccc1Cl)C(=O)NCC(O)c1cccc2ccccc12. The normalized spacial score (nSPS) is 11.8. The molecule has 3 N–H and O–H groups in total. The van der Waals surface area contributed by atoms with Crippen LogP contribution >= 0.6 is 11.6 Å². The Kier molecular flexibility index (Phi) is 6.06. The fourth-order valence-corrected chi connectivity index (χ4v) is 3.02. The number of benzene rings is 3. The molecule has 3 rings (SSSR count). The van der Waals surface area contributed by atoms with E-state index in [1.165, 1.54) is 0 Å². The maximum Gasteiger partial charge on any atom is 0.309 e. The van der Waals surface area contributed by atoms with Crippen molar-refractivity contribution in [2.75, 3.05) is 6.54 Å². The lowest BCUT2D eigenvalue weighted by Crippen LogP contribution is -2.41. The van der Waals surface area contributed by atoms with Crippen molar-refractivity contribution in [2.45, 2.75) is 12.6 Å². The minimum absolute atomic E-state index is 0.0631. The van der Waals surface area contributed by atoms with Gasteiger partial charge < -0.3 is 15.7 Å². The Balaban J connectivity index is 1.56. The maximum absolute atomic E-state index is 12.0. The highest BCUT2D eigenvalue weighted by atomic mass is 35.5. The van der Waals surface area contributed by atoms with E-state index in [1.807, 2.05) is 36.4 Å². The molecule has 0 aliphatic carbocycles. The van der Waals surface area contributed by atoms with Gasteiger partial charge in [-0.1, -0.05) is 72.3 Å². The molecule has 0 fully saturated rings. The minimum Gasteiger partial charge on any atom is -0.387 e. The molecule has 0 saturated carbocycles. The summed E-state index contributed by atoms with van der Waals surface area (Å²) in [7, 11) is 0. The lowest BCUT2D eigenvalue weighted by atomic mass is 10.0. The third-order valence-corrected chi connectivity index (χ3v) is 4.61. The van der Waals surface area contributed by atoms with E-state index in [0.717, 1.165) is 16.3 Å². The third kappa shape index (κ3) is 4.64. The van der Waals surface area contributed by atoms with Crippen LogP contribution in [0.3, 0.4) is 0 Å². The Labute approximate surface area is 162 Å². The molecule has 6 heteroatoms. The van der Waals surface area contributed by atoms with Crippen LogP contribution in [0.5, 0.6) is 0 Å². The van der Waals surface area contributed by atoms with Gasteiger partial charge in [0.25, 0.3) is 0 Å². The number of carbonyl (C=O) groups is 2. The largest absolute Gasteiger partial charge is 0.387 e. The Morgan fingerprint density at radius 2 is 1.56 bits per heavy atom. The fraction of sp³-hybridized carbons (Fsp3) is 0.143. The van der Waals surface area contributed by atoms with Crippen LogP contribution in [0.2, 0.25) is 5.02 Å². The molecule has 2 amide bonds. The molecular weight excluding hydrogens is 364 g/mol. The van der Waals surface area contributed by atoms with Gasteiger partial charge in [-0.15, -0.1) is 0 Å². The van der Waals surface area contributed by atoms with Gasteiger partial charge >= 0.3 is 11.8 Å². The molecule has 0 aromatic heterocycles. The second-order valence-corrected chi connectivity index (χ2v) is 6.48. The first-order valence-electron chi connectivity index (χ1n) is 8.51. The average Bonchev–Trinajstić information content (AvgIpc) is 2.70. The summed E-state index contributed by atoms with van der Waals surface area (Å²) in [6.07, 6.45) is -0.920. The van der Waals surface area contributed by atoms with Crippen LogP contribution in [0.15, 0.2) is 66.7 Å². The van der Waals surface area contributed by atoms with Crippen LogP contribution in [0.1, 0.15) is 17.2 Å². The van der Waals surface area contributed by atoms with Crippen LogP contribution in [0.25, 0.3) is 10.8 Å². The zero-order chi connectivity index (χ0) is 19.2. The second-order valence-electron chi connectivity index (χ2n) is 6.07. The summed E-state index contributed by atoms with van der Waals surface area (Å²) in [4.78, 5) is 23.9. The van der Waals surface area contributed by atoms with Crippen molar-refractivity contribution in [3.63, 3.8) is 0 Å². The number of rotatable bonds is 5. The molecule has 0 heterocycles. The Morgan fingerprint density at radius 3 is 2.37 bits per heavy atom. The van der Waals surface area contributed by atoms with Crippen molar-refractivity contribution in [2.24, 2.45) is 0 Å². The molecule has 0 radical (unpaired) electrons. The molecule has 3 aromatic rings. The van der Waals surface area contributed by atoms with E-state index < -0.39 is 17.9 Å². The van der Waals surface area contributed by atoms with Crippen molar-refractivity contribution in [3.05, 3.63) is 82.9 Å². The highest BCUT2D eigenvalue weighted by Gasteiger charge is 2.17. The summed E-state index contributed by atoms with van der Waals surface area (Å²) in [5.41, 5.74) is 1.42. The van der Waals surface area contributed by atoms with Gasteiger partial charge in [0.1, 0.15) is 0 Å². The Bertz CT molecular complexity index is 969. The van der Waals surface area contributed by atoms with E-state index in [2.05, 4.69) is 10.6 Å². The average molecular weight is 383 g/mol. The monoisotopic (exact) mass is 382 g/mol. The van der Waals surface area contributed by atoms with Crippen molar-refractivity contribution < 1.29 is 14.7 Å².